The van der Waals surface area contributed by atoms with Crippen molar-refractivity contribution >= 4 is 8.80 Å². The van der Waals surface area contributed by atoms with Gasteiger partial charge in [0.25, 0.3) is 0 Å². The van der Waals surface area contributed by atoms with Crippen LogP contribution in [0.5, 0.6) is 0 Å². The van der Waals surface area contributed by atoms with Gasteiger partial charge in [-0.25, -0.2) is 0 Å². The third-order valence-electron chi connectivity index (χ3n) is 4.24. The van der Waals surface area contributed by atoms with Crippen LogP contribution in [0.2, 0.25) is 6.04 Å². The molecule has 0 saturated heterocycles. The van der Waals surface area contributed by atoms with Gasteiger partial charge in [-0.3, -0.25) is 0 Å². The van der Waals surface area contributed by atoms with Crippen molar-refractivity contribution in [1.82, 2.24) is 0 Å². The van der Waals surface area contributed by atoms with E-state index in [0.717, 1.165) is 49.5 Å². The lowest BCUT2D eigenvalue weighted by molar-refractivity contribution is -0.925. The molecule has 0 fully saturated rings. The molecule has 0 atom stereocenters. The van der Waals surface area contributed by atoms with Crippen LogP contribution in [-0.2, 0) is 13.3 Å². The Morgan fingerprint density at radius 1 is 0.750 bits per heavy atom. The summed E-state index contributed by atoms with van der Waals surface area (Å²) in [6, 6.07) is 0.771. The van der Waals surface area contributed by atoms with Crippen molar-refractivity contribution < 1.29 is 40.4 Å². The second-order valence-electron chi connectivity index (χ2n) is 5.72. The van der Waals surface area contributed by atoms with Crippen molar-refractivity contribution in [2.45, 2.75) is 46.6 Å². The maximum atomic E-state index is 9.21. The minimum absolute atomic E-state index is 0. The molecule has 0 rings (SSSR count). The monoisotopic (exact) mass is 387 g/mol. The Bertz CT molecular complexity index is 262. The first-order chi connectivity index (χ1) is 11.1. The SMILES string of the molecule is CCO[Si](CC[N+](CC)(CCCO)CCCO)(OCC)OCC.[Cl-]. The molecular formula is C16H38ClNO5Si. The van der Waals surface area contributed by atoms with Crippen molar-refractivity contribution in [3.8, 4) is 0 Å². The third kappa shape index (κ3) is 9.67. The predicted octanol–water partition coefficient (Wildman–Crippen LogP) is -1.36. The van der Waals surface area contributed by atoms with Gasteiger partial charge in [0.1, 0.15) is 0 Å². The van der Waals surface area contributed by atoms with Gasteiger partial charge in [-0.1, -0.05) is 0 Å². The van der Waals surface area contributed by atoms with E-state index in [1.54, 1.807) is 0 Å². The normalized spacial score (nSPS) is 12.2. The Balaban J connectivity index is 0. The van der Waals surface area contributed by atoms with Gasteiger partial charge in [-0.15, -0.1) is 0 Å². The second-order valence-corrected chi connectivity index (χ2v) is 8.45. The van der Waals surface area contributed by atoms with Crippen LogP contribution in [0.25, 0.3) is 0 Å². The molecule has 0 heterocycles. The molecule has 24 heavy (non-hydrogen) atoms. The number of hydrogen-bond donors (Lipinski definition) is 2. The van der Waals surface area contributed by atoms with Crippen LogP contribution >= 0.6 is 0 Å². The molecule has 0 aromatic rings. The number of halogens is 1. The summed E-state index contributed by atoms with van der Waals surface area (Å²) >= 11 is 0. The zero-order valence-electron chi connectivity index (χ0n) is 15.9. The van der Waals surface area contributed by atoms with E-state index in [2.05, 4.69) is 6.92 Å². The van der Waals surface area contributed by atoms with E-state index >= 15 is 0 Å². The van der Waals surface area contributed by atoms with Crippen LogP contribution in [0, 0.1) is 0 Å². The highest BCUT2D eigenvalue weighted by Gasteiger charge is 2.43. The molecule has 148 valence electrons. The average molecular weight is 388 g/mol. The first kappa shape index (κ1) is 26.5. The largest absolute Gasteiger partial charge is 1.00 e. The molecule has 8 heteroatoms. The van der Waals surface area contributed by atoms with Gasteiger partial charge in [0.2, 0.25) is 0 Å². The summed E-state index contributed by atoms with van der Waals surface area (Å²) in [7, 11) is -2.64. The molecular weight excluding hydrogens is 350 g/mol. The highest BCUT2D eigenvalue weighted by molar-refractivity contribution is 6.60. The Hall–Kier alpha value is 0.267. The molecule has 0 amide bonds. The fraction of sp³-hybridized carbons (Fsp3) is 1.00. The lowest BCUT2D eigenvalue weighted by atomic mass is 10.2. The summed E-state index contributed by atoms with van der Waals surface area (Å²) in [6.45, 7) is 13.9. The molecule has 0 unspecified atom stereocenters. The van der Waals surface area contributed by atoms with E-state index in [9.17, 15) is 10.2 Å². The van der Waals surface area contributed by atoms with Crippen LogP contribution in [0.1, 0.15) is 40.5 Å². The van der Waals surface area contributed by atoms with E-state index in [-0.39, 0.29) is 25.6 Å². The first-order valence-corrected chi connectivity index (χ1v) is 11.0. The van der Waals surface area contributed by atoms with Crippen molar-refractivity contribution in [2.24, 2.45) is 0 Å². The predicted molar refractivity (Wildman–Crippen MR) is 94.2 cm³/mol. The van der Waals surface area contributed by atoms with Crippen LogP contribution in [0.3, 0.4) is 0 Å². The van der Waals surface area contributed by atoms with Gasteiger partial charge in [-0.05, 0) is 27.7 Å². The van der Waals surface area contributed by atoms with Gasteiger partial charge < -0.3 is 40.4 Å². The first-order valence-electron chi connectivity index (χ1n) is 9.06. The smallest absolute Gasteiger partial charge is 0.506 e. The highest BCUT2D eigenvalue weighted by atomic mass is 35.5. The number of aliphatic hydroxyl groups is 2. The molecule has 0 aliphatic heterocycles. The second kappa shape index (κ2) is 15.5. The van der Waals surface area contributed by atoms with E-state index in [1.807, 2.05) is 20.8 Å². The van der Waals surface area contributed by atoms with Crippen molar-refractivity contribution in [3.63, 3.8) is 0 Å². The zero-order valence-corrected chi connectivity index (χ0v) is 17.7. The standard InChI is InChI=1S/C16H38NO5Si.ClH/c1-5-17(11-9-14-18,12-10-15-19)13-16-23(20-6-2,21-7-3)22-8-4;/h18-19H,5-16H2,1-4H3;1H/q+1;/p-1. The van der Waals surface area contributed by atoms with Crippen LogP contribution in [-0.4, -0.2) is 82.7 Å². The fourth-order valence-corrected chi connectivity index (χ4v) is 5.75. The van der Waals surface area contributed by atoms with E-state index in [1.165, 1.54) is 0 Å². The molecule has 0 aromatic carbocycles. The van der Waals surface area contributed by atoms with E-state index < -0.39 is 8.80 Å². The summed E-state index contributed by atoms with van der Waals surface area (Å²) in [5.41, 5.74) is 0. The number of quaternary nitrogens is 1. The number of aliphatic hydroxyl groups excluding tert-OH is 2. The molecule has 0 spiro atoms. The minimum atomic E-state index is -2.64. The molecule has 0 aliphatic carbocycles. The van der Waals surface area contributed by atoms with Gasteiger partial charge in [0.05, 0.1) is 32.2 Å². The topological polar surface area (TPSA) is 68.2 Å². The van der Waals surface area contributed by atoms with Gasteiger partial charge in [0, 0.05) is 45.9 Å². The van der Waals surface area contributed by atoms with Crippen molar-refractivity contribution in [1.29, 1.82) is 0 Å². The molecule has 0 aromatic heterocycles. The summed E-state index contributed by atoms with van der Waals surface area (Å²) in [4.78, 5) is 0. The molecule has 6 nitrogen and oxygen atoms in total. The maximum absolute atomic E-state index is 9.21. The van der Waals surface area contributed by atoms with Gasteiger partial charge in [0.15, 0.2) is 0 Å². The molecule has 0 aliphatic rings. The number of rotatable bonds is 16. The Morgan fingerprint density at radius 2 is 1.17 bits per heavy atom. The van der Waals surface area contributed by atoms with Gasteiger partial charge in [-0.2, -0.15) is 0 Å². The van der Waals surface area contributed by atoms with Crippen molar-refractivity contribution in [3.05, 3.63) is 0 Å². The van der Waals surface area contributed by atoms with E-state index in [4.69, 9.17) is 13.3 Å². The Labute approximate surface area is 155 Å². The lowest BCUT2D eigenvalue weighted by Crippen LogP contribution is -3.00. The summed E-state index contributed by atoms with van der Waals surface area (Å²) in [5, 5.41) is 18.4. The molecule has 2 N–H and O–H groups in total. The van der Waals surface area contributed by atoms with Crippen molar-refractivity contribution in [2.75, 3.05) is 59.2 Å². The summed E-state index contributed by atoms with van der Waals surface area (Å²) in [6.07, 6.45) is 1.54. The van der Waals surface area contributed by atoms with Crippen LogP contribution in [0.4, 0.5) is 0 Å². The summed E-state index contributed by atoms with van der Waals surface area (Å²) < 4.78 is 18.7. The Kier molecular flexibility index (Phi) is 17.1. The molecule has 0 saturated carbocycles. The molecule has 0 radical (unpaired) electrons. The third-order valence-corrected chi connectivity index (χ3v) is 7.26. The number of hydrogen-bond acceptors (Lipinski definition) is 5. The Morgan fingerprint density at radius 3 is 1.46 bits per heavy atom. The maximum Gasteiger partial charge on any atom is 0.506 e. The molecule has 0 bridgehead atoms. The quantitative estimate of drug-likeness (QED) is 0.253. The summed E-state index contributed by atoms with van der Waals surface area (Å²) in [5.74, 6) is 0. The average Bonchev–Trinajstić information content (AvgIpc) is 2.55. The van der Waals surface area contributed by atoms with Gasteiger partial charge >= 0.3 is 8.80 Å². The fourth-order valence-electron chi connectivity index (χ4n) is 3.00. The number of nitrogens with zero attached hydrogens (tertiary/aromatic N) is 1. The highest BCUT2D eigenvalue weighted by Crippen LogP contribution is 2.21. The van der Waals surface area contributed by atoms with E-state index in [0.29, 0.717) is 19.8 Å². The van der Waals surface area contributed by atoms with Crippen LogP contribution < -0.4 is 12.4 Å². The minimum Gasteiger partial charge on any atom is -1.00 e. The lowest BCUT2D eigenvalue weighted by Gasteiger charge is -2.40. The van der Waals surface area contributed by atoms with Crippen LogP contribution in [0.15, 0.2) is 0 Å². The zero-order chi connectivity index (χ0) is 17.6.